The summed E-state index contributed by atoms with van der Waals surface area (Å²) in [4.78, 5) is 8.53. The molecule has 0 amide bonds. The Morgan fingerprint density at radius 3 is 2.40 bits per heavy atom. The molecule has 108 valence electrons. The third-order valence-electron chi connectivity index (χ3n) is 2.86. The summed E-state index contributed by atoms with van der Waals surface area (Å²) in [7, 11) is 1.36. The van der Waals surface area contributed by atoms with E-state index in [0.717, 1.165) is 0 Å². The quantitative estimate of drug-likeness (QED) is 0.731. The third kappa shape index (κ3) is 2.23. The van der Waals surface area contributed by atoms with Gasteiger partial charge in [-0.2, -0.15) is 0 Å². The lowest BCUT2D eigenvalue weighted by Gasteiger charge is -2.19. The number of rotatable bonds is 1. The van der Waals surface area contributed by atoms with Gasteiger partial charge >= 0.3 is 0 Å². The number of halogens is 2. The zero-order chi connectivity index (χ0) is 15.2. The number of aromatic hydroxyl groups is 1. The zero-order valence-electron chi connectivity index (χ0n) is 11.6. The maximum atomic E-state index is 14.2. The van der Waals surface area contributed by atoms with Crippen LogP contribution in [0.2, 0.25) is 0 Å². The van der Waals surface area contributed by atoms with Crippen molar-refractivity contribution in [1.29, 1.82) is 0 Å². The van der Waals surface area contributed by atoms with E-state index in [-0.39, 0.29) is 22.4 Å². The van der Waals surface area contributed by atoms with Crippen LogP contribution in [0.15, 0.2) is 0 Å². The van der Waals surface area contributed by atoms with Crippen molar-refractivity contribution in [2.24, 2.45) is 0 Å². The molecule has 0 atom stereocenters. The topological polar surface area (TPSA) is 81.3 Å². The molecule has 2 rings (SSSR count). The van der Waals surface area contributed by atoms with Crippen LogP contribution in [0.25, 0.3) is 10.9 Å². The fourth-order valence-electron chi connectivity index (χ4n) is 1.80. The van der Waals surface area contributed by atoms with Gasteiger partial charge in [0, 0.05) is 5.41 Å². The van der Waals surface area contributed by atoms with Crippen LogP contribution in [0, 0.1) is 9.39 Å². The first-order valence-corrected chi connectivity index (χ1v) is 6.98. The number of methoxy groups -OCH3 is 1. The van der Waals surface area contributed by atoms with Crippen molar-refractivity contribution >= 4 is 39.3 Å². The van der Waals surface area contributed by atoms with E-state index >= 15 is 0 Å². The standard InChI is InChI=1S/C13H15FIN3O2/c1-13(2,3)12-17-8-5(11(16)18-12)6(14)9(19)10(20-4)7(8)15/h19H,1-4H3,(H2,16,17,18). The number of benzene rings is 1. The molecule has 0 aliphatic heterocycles. The summed E-state index contributed by atoms with van der Waals surface area (Å²) in [6.45, 7) is 5.82. The first-order valence-electron chi connectivity index (χ1n) is 5.90. The van der Waals surface area contributed by atoms with E-state index in [4.69, 9.17) is 10.5 Å². The Hall–Kier alpha value is -1.38. The van der Waals surface area contributed by atoms with Gasteiger partial charge in [0.2, 0.25) is 0 Å². The van der Waals surface area contributed by atoms with Crippen LogP contribution < -0.4 is 10.5 Å². The predicted octanol–water partition coefficient (Wildman–Crippen LogP) is 2.97. The molecule has 0 saturated heterocycles. The van der Waals surface area contributed by atoms with Crippen molar-refractivity contribution in [3.8, 4) is 11.5 Å². The summed E-state index contributed by atoms with van der Waals surface area (Å²) < 4.78 is 19.8. The van der Waals surface area contributed by atoms with Crippen LogP contribution in [0.3, 0.4) is 0 Å². The molecular formula is C13H15FIN3O2. The average molecular weight is 391 g/mol. The number of nitrogen functional groups attached to an aromatic ring is 1. The van der Waals surface area contributed by atoms with Gasteiger partial charge in [0.15, 0.2) is 17.3 Å². The van der Waals surface area contributed by atoms with E-state index in [9.17, 15) is 9.50 Å². The lowest BCUT2D eigenvalue weighted by molar-refractivity contribution is 0.357. The minimum atomic E-state index is -0.866. The van der Waals surface area contributed by atoms with Crippen LogP contribution in [0.5, 0.6) is 11.5 Å². The fraction of sp³-hybridized carbons (Fsp3) is 0.385. The summed E-state index contributed by atoms with van der Waals surface area (Å²) in [5.74, 6) is -0.882. The van der Waals surface area contributed by atoms with Crippen molar-refractivity contribution in [2.75, 3.05) is 12.8 Å². The van der Waals surface area contributed by atoms with E-state index < -0.39 is 11.6 Å². The van der Waals surface area contributed by atoms with Crippen molar-refractivity contribution in [3.63, 3.8) is 0 Å². The van der Waals surface area contributed by atoms with Crippen LogP contribution in [-0.2, 0) is 5.41 Å². The Morgan fingerprint density at radius 2 is 1.90 bits per heavy atom. The number of phenols is 1. The Bertz CT molecular complexity index is 699. The molecule has 0 aliphatic rings. The van der Waals surface area contributed by atoms with E-state index in [1.165, 1.54) is 7.11 Å². The number of fused-ring (bicyclic) bond motifs is 1. The van der Waals surface area contributed by atoms with Gasteiger partial charge in [0.25, 0.3) is 0 Å². The molecule has 3 N–H and O–H groups in total. The minimum absolute atomic E-state index is 0.00768. The minimum Gasteiger partial charge on any atom is -0.502 e. The predicted molar refractivity (Wildman–Crippen MR) is 83.5 cm³/mol. The van der Waals surface area contributed by atoms with Crippen LogP contribution in [0.1, 0.15) is 26.6 Å². The van der Waals surface area contributed by atoms with Crippen LogP contribution in [-0.4, -0.2) is 22.2 Å². The number of hydrogen-bond donors (Lipinski definition) is 2. The Morgan fingerprint density at radius 1 is 1.30 bits per heavy atom. The molecule has 2 aromatic rings. The number of nitrogens with zero attached hydrogens (tertiary/aromatic N) is 2. The van der Waals surface area contributed by atoms with Crippen molar-refractivity contribution < 1.29 is 14.2 Å². The molecule has 1 aromatic heterocycles. The number of phenolic OH excluding ortho intramolecular Hbond substituents is 1. The number of anilines is 1. The van der Waals surface area contributed by atoms with Crippen LogP contribution in [0.4, 0.5) is 10.2 Å². The van der Waals surface area contributed by atoms with Gasteiger partial charge in [-0.05, 0) is 22.6 Å². The summed E-state index contributed by atoms with van der Waals surface area (Å²) >= 11 is 1.95. The first-order chi connectivity index (χ1) is 9.18. The summed E-state index contributed by atoms with van der Waals surface area (Å²) in [6.07, 6.45) is 0. The molecule has 1 aromatic carbocycles. The second-order valence-corrected chi connectivity index (χ2v) is 6.49. The van der Waals surface area contributed by atoms with Gasteiger partial charge in [-0.15, -0.1) is 0 Å². The fourth-order valence-corrected chi connectivity index (χ4v) is 2.67. The van der Waals surface area contributed by atoms with Crippen molar-refractivity contribution in [1.82, 2.24) is 9.97 Å². The largest absolute Gasteiger partial charge is 0.502 e. The van der Waals surface area contributed by atoms with Gasteiger partial charge in [0.1, 0.15) is 11.6 Å². The van der Waals surface area contributed by atoms with Crippen LogP contribution >= 0.6 is 22.6 Å². The first kappa shape index (κ1) is 15.0. The number of nitrogens with two attached hydrogens (primary N) is 1. The molecule has 0 aliphatic carbocycles. The van der Waals surface area contributed by atoms with E-state index in [1.54, 1.807) is 0 Å². The van der Waals surface area contributed by atoms with Gasteiger partial charge in [-0.1, -0.05) is 20.8 Å². The highest BCUT2D eigenvalue weighted by molar-refractivity contribution is 14.1. The Balaban J connectivity index is 2.97. The summed E-state index contributed by atoms with van der Waals surface area (Å²) in [6, 6.07) is 0. The number of hydrogen-bond acceptors (Lipinski definition) is 5. The maximum absolute atomic E-state index is 14.2. The monoisotopic (exact) mass is 391 g/mol. The molecule has 20 heavy (non-hydrogen) atoms. The van der Waals surface area contributed by atoms with Gasteiger partial charge in [0.05, 0.1) is 21.6 Å². The highest BCUT2D eigenvalue weighted by atomic mass is 127. The average Bonchev–Trinajstić information content (AvgIpc) is 2.35. The van der Waals surface area contributed by atoms with Gasteiger partial charge in [-0.25, -0.2) is 14.4 Å². The molecule has 7 heteroatoms. The Kier molecular flexibility index (Phi) is 3.66. The van der Waals surface area contributed by atoms with Gasteiger partial charge < -0.3 is 15.6 Å². The second-order valence-electron chi connectivity index (χ2n) is 5.42. The Labute approximate surface area is 129 Å². The lowest BCUT2D eigenvalue weighted by Crippen LogP contribution is -2.17. The third-order valence-corrected chi connectivity index (χ3v) is 3.86. The maximum Gasteiger partial charge on any atom is 0.196 e. The highest BCUT2D eigenvalue weighted by Gasteiger charge is 2.25. The molecule has 5 nitrogen and oxygen atoms in total. The molecule has 0 saturated carbocycles. The summed E-state index contributed by atoms with van der Waals surface area (Å²) in [5.41, 5.74) is 5.85. The van der Waals surface area contributed by atoms with Crippen molar-refractivity contribution in [3.05, 3.63) is 15.2 Å². The number of aromatic nitrogens is 2. The van der Waals surface area contributed by atoms with E-state index in [1.807, 2.05) is 43.4 Å². The zero-order valence-corrected chi connectivity index (χ0v) is 13.7. The molecule has 1 heterocycles. The highest BCUT2D eigenvalue weighted by Crippen LogP contribution is 2.41. The van der Waals surface area contributed by atoms with Gasteiger partial charge in [-0.3, -0.25) is 0 Å². The molecular weight excluding hydrogens is 376 g/mol. The number of ether oxygens (including phenoxy) is 1. The van der Waals surface area contributed by atoms with E-state index in [0.29, 0.717) is 14.9 Å². The molecule has 0 bridgehead atoms. The SMILES string of the molecule is COc1c(O)c(F)c2c(N)nc(C(C)(C)C)nc2c1I. The van der Waals surface area contributed by atoms with E-state index in [2.05, 4.69) is 9.97 Å². The molecule has 0 fully saturated rings. The normalized spacial score (nSPS) is 11.9. The second kappa shape index (κ2) is 4.87. The smallest absolute Gasteiger partial charge is 0.196 e. The molecule has 0 radical (unpaired) electrons. The molecule has 0 spiro atoms. The summed E-state index contributed by atoms with van der Waals surface area (Å²) in [5, 5.41) is 9.83. The molecule has 0 unspecified atom stereocenters. The van der Waals surface area contributed by atoms with Crippen molar-refractivity contribution in [2.45, 2.75) is 26.2 Å². The lowest BCUT2D eigenvalue weighted by atomic mass is 9.95.